The number of aliphatic hydroxyl groups excluding tert-OH is 4. The highest BCUT2D eigenvalue weighted by Gasteiger charge is 2.59. The number of fused-ring (bicyclic) bond motifs is 1. The van der Waals surface area contributed by atoms with Crippen LogP contribution >= 0.6 is 0 Å². The standard InChI is InChI=1S/C12H20O6/c13-6-7(14)9(16)11-10(8(6)15)17-12(18-11)4-2-1-3-5-12/h6-11,13-16H,1-5H2/t6-,7-,8-,9-,10-,11+/m0/s1. The van der Waals surface area contributed by atoms with E-state index >= 15 is 0 Å². The van der Waals surface area contributed by atoms with Crippen LogP contribution in [0.1, 0.15) is 32.1 Å². The molecule has 0 aromatic carbocycles. The van der Waals surface area contributed by atoms with Crippen molar-refractivity contribution in [1.29, 1.82) is 0 Å². The Bertz CT molecular complexity index is 292. The molecule has 0 aromatic rings. The monoisotopic (exact) mass is 260 g/mol. The highest BCUT2D eigenvalue weighted by Crippen LogP contribution is 2.44. The maximum atomic E-state index is 9.92. The van der Waals surface area contributed by atoms with Crippen LogP contribution in [0.25, 0.3) is 0 Å². The van der Waals surface area contributed by atoms with Gasteiger partial charge in [-0.05, 0) is 12.8 Å². The van der Waals surface area contributed by atoms with Crippen LogP contribution < -0.4 is 0 Å². The van der Waals surface area contributed by atoms with Crippen LogP contribution in [0, 0.1) is 0 Å². The van der Waals surface area contributed by atoms with Crippen LogP contribution in [0.3, 0.4) is 0 Å². The van der Waals surface area contributed by atoms with Crippen LogP contribution in [0.4, 0.5) is 0 Å². The molecule has 1 saturated heterocycles. The Morgan fingerprint density at radius 2 is 1.11 bits per heavy atom. The van der Waals surface area contributed by atoms with E-state index in [4.69, 9.17) is 9.47 Å². The van der Waals surface area contributed by atoms with Crippen LogP contribution in [0.5, 0.6) is 0 Å². The average Bonchev–Trinajstić information content (AvgIpc) is 2.74. The Hall–Kier alpha value is -0.240. The Morgan fingerprint density at radius 1 is 0.667 bits per heavy atom. The Balaban J connectivity index is 1.82. The van der Waals surface area contributed by atoms with Gasteiger partial charge in [0.1, 0.15) is 36.6 Å². The first-order valence-electron chi connectivity index (χ1n) is 6.62. The normalized spacial score (nSPS) is 51.3. The van der Waals surface area contributed by atoms with Crippen molar-refractivity contribution in [2.45, 2.75) is 74.5 Å². The second-order valence-corrected chi connectivity index (χ2v) is 5.60. The Morgan fingerprint density at radius 3 is 1.56 bits per heavy atom. The largest absolute Gasteiger partial charge is 0.387 e. The van der Waals surface area contributed by atoms with Gasteiger partial charge in [0.05, 0.1) is 0 Å². The van der Waals surface area contributed by atoms with Gasteiger partial charge in [-0.2, -0.15) is 0 Å². The molecule has 4 N–H and O–H groups in total. The molecule has 6 atom stereocenters. The first-order chi connectivity index (χ1) is 8.54. The SMILES string of the molecule is O[C@H]1[C@H](O)[C@H](O)[C@@H]2OC3(CCCCC3)O[C@@H]2[C@H]1O. The maximum absolute atomic E-state index is 9.92. The summed E-state index contributed by atoms with van der Waals surface area (Å²) in [4.78, 5) is 0. The molecule has 18 heavy (non-hydrogen) atoms. The summed E-state index contributed by atoms with van der Waals surface area (Å²) in [6, 6.07) is 0. The van der Waals surface area contributed by atoms with E-state index in [1.165, 1.54) is 0 Å². The molecule has 0 bridgehead atoms. The van der Waals surface area contributed by atoms with Gasteiger partial charge in [0.15, 0.2) is 5.79 Å². The van der Waals surface area contributed by atoms with Gasteiger partial charge in [0.2, 0.25) is 0 Å². The second kappa shape index (κ2) is 4.40. The van der Waals surface area contributed by atoms with E-state index in [1.807, 2.05) is 0 Å². The molecule has 3 aliphatic rings. The number of rotatable bonds is 0. The zero-order chi connectivity index (χ0) is 12.9. The summed E-state index contributed by atoms with van der Waals surface area (Å²) in [5.41, 5.74) is 0. The quantitative estimate of drug-likeness (QED) is 0.441. The van der Waals surface area contributed by atoms with Gasteiger partial charge >= 0.3 is 0 Å². The molecule has 6 heteroatoms. The molecule has 1 heterocycles. The fraction of sp³-hybridized carbons (Fsp3) is 1.00. The molecule has 1 aliphatic heterocycles. The summed E-state index contributed by atoms with van der Waals surface area (Å²) >= 11 is 0. The first kappa shape index (κ1) is 12.8. The van der Waals surface area contributed by atoms with Crippen molar-refractivity contribution in [2.24, 2.45) is 0 Å². The van der Waals surface area contributed by atoms with Crippen molar-refractivity contribution in [3.63, 3.8) is 0 Å². The van der Waals surface area contributed by atoms with Gasteiger partial charge in [-0.25, -0.2) is 0 Å². The third-order valence-corrected chi connectivity index (χ3v) is 4.36. The van der Waals surface area contributed by atoms with Gasteiger partial charge in [-0.1, -0.05) is 6.42 Å². The minimum absolute atomic E-state index is 0.728. The lowest BCUT2D eigenvalue weighted by molar-refractivity contribution is -0.203. The lowest BCUT2D eigenvalue weighted by atomic mass is 9.85. The zero-order valence-corrected chi connectivity index (χ0v) is 10.1. The second-order valence-electron chi connectivity index (χ2n) is 5.60. The molecule has 2 aliphatic carbocycles. The Kier molecular flexibility index (Phi) is 3.12. The minimum atomic E-state index is -1.40. The Labute approximate surface area is 105 Å². The van der Waals surface area contributed by atoms with Crippen LogP contribution in [0.2, 0.25) is 0 Å². The van der Waals surface area contributed by atoms with Crippen LogP contribution in [0.15, 0.2) is 0 Å². The molecule has 6 nitrogen and oxygen atoms in total. The van der Waals surface area contributed by atoms with E-state index in [-0.39, 0.29) is 0 Å². The van der Waals surface area contributed by atoms with Crippen molar-refractivity contribution in [3.05, 3.63) is 0 Å². The smallest absolute Gasteiger partial charge is 0.169 e. The molecule has 3 rings (SSSR count). The van der Waals surface area contributed by atoms with E-state index in [1.54, 1.807) is 0 Å². The molecule has 3 fully saturated rings. The van der Waals surface area contributed by atoms with Gasteiger partial charge in [-0.3, -0.25) is 0 Å². The number of hydrogen-bond acceptors (Lipinski definition) is 6. The number of ether oxygens (including phenoxy) is 2. The summed E-state index contributed by atoms with van der Waals surface area (Å²) in [6.45, 7) is 0. The maximum Gasteiger partial charge on any atom is 0.169 e. The van der Waals surface area contributed by atoms with Crippen LogP contribution in [-0.4, -0.2) is 62.8 Å². The summed E-state index contributed by atoms with van der Waals surface area (Å²) in [7, 11) is 0. The van der Waals surface area contributed by atoms with Crippen molar-refractivity contribution in [1.82, 2.24) is 0 Å². The third kappa shape index (κ3) is 1.79. The van der Waals surface area contributed by atoms with Gasteiger partial charge < -0.3 is 29.9 Å². The predicted molar refractivity (Wildman–Crippen MR) is 59.6 cm³/mol. The fourth-order valence-electron chi connectivity index (χ4n) is 3.30. The molecule has 0 aromatic heterocycles. The topological polar surface area (TPSA) is 99.4 Å². The van der Waals surface area contributed by atoms with Gasteiger partial charge in [0, 0.05) is 12.8 Å². The highest BCUT2D eigenvalue weighted by molar-refractivity contribution is 5.04. The van der Waals surface area contributed by atoms with Gasteiger partial charge in [-0.15, -0.1) is 0 Å². The lowest BCUT2D eigenvalue weighted by Gasteiger charge is -2.38. The van der Waals surface area contributed by atoms with E-state index in [9.17, 15) is 20.4 Å². The molecule has 0 unspecified atom stereocenters. The molecule has 0 radical (unpaired) electrons. The molecular formula is C12H20O6. The number of hydrogen-bond donors (Lipinski definition) is 4. The molecular weight excluding hydrogens is 240 g/mol. The average molecular weight is 260 g/mol. The van der Waals surface area contributed by atoms with Crippen molar-refractivity contribution < 1.29 is 29.9 Å². The molecule has 1 spiro atoms. The summed E-state index contributed by atoms with van der Waals surface area (Å²) in [5.74, 6) is -0.751. The van der Waals surface area contributed by atoms with Gasteiger partial charge in [0.25, 0.3) is 0 Å². The number of aliphatic hydroxyl groups is 4. The zero-order valence-electron chi connectivity index (χ0n) is 10.1. The van der Waals surface area contributed by atoms with E-state index in [2.05, 4.69) is 0 Å². The van der Waals surface area contributed by atoms with Crippen molar-refractivity contribution in [2.75, 3.05) is 0 Å². The molecule has 0 amide bonds. The minimum Gasteiger partial charge on any atom is -0.387 e. The summed E-state index contributed by atoms with van der Waals surface area (Å²) in [5, 5.41) is 39.2. The first-order valence-corrected chi connectivity index (χ1v) is 6.62. The lowest BCUT2D eigenvalue weighted by Crippen LogP contribution is -2.62. The molecule has 104 valence electrons. The summed E-state index contributed by atoms with van der Waals surface area (Å²) in [6.07, 6.45) is -2.24. The molecule has 2 saturated carbocycles. The van der Waals surface area contributed by atoms with Crippen molar-refractivity contribution in [3.8, 4) is 0 Å². The summed E-state index contributed by atoms with van der Waals surface area (Å²) < 4.78 is 11.6. The predicted octanol–water partition coefficient (Wildman–Crippen LogP) is -1.11. The van der Waals surface area contributed by atoms with E-state index in [0.717, 1.165) is 32.1 Å². The highest BCUT2D eigenvalue weighted by atomic mass is 16.8. The third-order valence-electron chi connectivity index (χ3n) is 4.36. The van der Waals surface area contributed by atoms with E-state index < -0.39 is 42.4 Å². The fourth-order valence-corrected chi connectivity index (χ4v) is 3.30. The van der Waals surface area contributed by atoms with Crippen LogP contribution in [-0.2, 0) is 9.47 Å². The van der Waals surface area contributed by atoms with E-state index in [0.29, 0.717) is 0 Å². The van der Waals surface area contributed by atoms with Crippen molar-refractivity contribution >= 4 is 0 Å².